The topological polar surface area (TPSA) is 59.4 Å². The summed E-state index contributed by atoms with van der Waals surface area (Å²) in [6, 6.07) is 13.1. The maximum absolute atomic E-state index is 11.7. The average Bonchev–Trinajstić information content (AvgIpc) is 2.56. The molecule has 0 aliphatic carbocycles. The van der Waals surface area contributed by atoms with Crippen LogP contribution in [0, 0.1) is 13.8 Å². The van der Waals surface area contributed by atoms with Gasteiger partial charge in [0.25, 0.3) is 0 Å². The number of rotatable bonds is 4. The molecule has 2 aromatic carbocycles. The number of fused-ring (bicyclic) bond motifs is 1. The molecule has 1 N–H and O–H groups in total. The first-order valence-electron chi connectivity index (χ1n) is 7.88. The third-order valence-corrected chi connectivity index (χ3v) is 3.98. The summed E-state index contributed by atoms with van der Waals surface area (Å²) in [5.74, 6) is -0.250. The summed E-state index contributed by atoms with van der Waals surface area (Å²) >= 11 is 0. The van der Waals surface area contributed by atoms with Crippen LogP contribution in [0.2, 0.25) is 0 Å². The number of para-hydroxylation sites is 1. The van der Waals surface area contributed by atoms with Crippen molar-refractivity contribution in [1.29, 1.82) is 0 Å². The molecule has 1 heterocycles. The highest BCUT2D eigenvalue weighted by molar-refractivity contribution is 6.04. The van der Waals surface area contributed by atoms with Gasteiger partial charge in [-0.05, 0) is 44.5 Å². The highest BCUT2D eigenvalue weighted by Crippen LogP contribution is 2.33. The van der Waals surface area contributed by atoms with Gasteiger partial charge in [0.05, 0.1) is 23.4 Å². The van der Waals surface area contributed by atoms with Crippen molar-refractivity contribution in [2.24, 2.45) is 0 Å². The van der Waals surface area contributed by atoms with Crippen LogP contribution in [0.1, 0.15) is 28.4 Å². The van der Waals surface area contributed by atoms with Crippen molar-refractivity contribution in [1.82, 2.24) is 4.98 Å². The van der Waals surface area contributed by atoms with Crippen LogP contribution in [-0.4, -0.2) is 22.7 Å². The summed E-state index contributed by atoms with van der Waals surface area (Å²) < 4.78 is 5.70. The van der Waals surface area contributed by atoms with Gasteiger partial charge in [-0.1, -0.05) is 29.8 Å². The second kappa shape index (κ2) is 6.32. The zero-order valence-electron chi connectivity index (χ0n) is 14.0. The largest absolute Gasteiger partial charge is 0.493 e. The number of benzene rings is 2. The molecule has 4 heteroatoms. The summed E-state index contributed by atoms with van der Waals surface area (Å²) in [6.07, 6.45) is 0. The van der Waals surface area contributed by atoms with Crippen LogP contribution < -0.4 is 4.74 Å². The van der Waals surface area contributed by atoms with Crippen LogP contribution in [0.15, 0.2) is 42.5 Å². The first-order valence-corrected chi connectivity index (χ1v) is 7.88. The van der Waals surface area contributed by atoms with E-state index in [4.69, 9.17) is 9.72 Å². The van der Waals surface area contributed by atoms with Crippen LogP contribution in [0.25, 0.3) is 22.2 Å². The maximum atomic E-state index is 11.7. The predicted octanol–water partition coefficient (Wildman–Crippen LogP) is 4.62. The van der Waals surface area contributed by atoms with Crippen molar-refractivity contribution in [3.05, 3.63) is 59.2 Å². The molecule has 1 aromatic heterocycles. The van der Waals surface area contributed by atoms with Gasteiger partial charge in [-0.2, -0.15) is 0 Å². The van der Waals surface area contributed by atoms with Crippen LogP contribution in [0.5, 0.6) is 5.75 Å². The Morgan fingerprint density at radius 2 is 1.96 bits per heavy atom. The Morgan fingerprint density at radius 3 is 2.67 bits per heavy atom. The first-order chi connectivity index (χ1) is 11.5. The standard InChI is InChI=1S/C20H19NO3/c1-4-24-18-9-8-12(2)10-16(18)17-11-15(20(22)23)14-7-5-6-13(3)19(14)21-17/h5-11H,4H2,1-3H3,(H,22,23). The number of carbonyl (C=O) groups is 1. The Kier molecular flexibility index (Phi) is 4.21. The minimum Gasteiger partial charge on any atom is -0.493 e. The van der Waals surface area contributed by atoms with Crippen LogP contribution >= 0.6 is 0 Å². The minimum absolute atomic E-state index is 0.252. The Hall–Kier alpha value is -2.88. The molecule has 0 saturated heterocycles. The van der Waals surface area contributed by atoms with E-state index < -0.39 is 5.97 Å². The smallest absolute Gasteiger partial charge is 0.336 e. The second-order valence-corrected chi connectivity index (χ2v) is 5.76. The molecule has 3 aromatic rings. The zero-order chi connectivity index (χ0) is 17.3. The van der Waals surface area contributed by atoms with Crippen LogP contribution in [0.4, 0.5) is 0 Å². The molecule has 0 aliphatic heterocycles. The Bertz CT molecular complexity index is 932. The van der Waals surface area contributed by atoms with Crippen molar-refractivity contribution >= 4 is 16.9 Å². The lowest BCUT2D eigenvalue weighted by Gasteiger charge is -2.13. The summed E-state index contributed by atoms with van der Waals surface area (Å²) in [5.41, 5.74) is 4.39. The second-order valence-electron chi connectivity index (χ2n) is 5.76. The number of carboxylic acid groups (broad SMARTS) is 1. The van der Waals surface area contributed by atoms with Gasteiger partial charge in [-0.25, -0.2) is 9.78 Å². The SMILES string of the molecule is CCOc1ccc(C)cc1-c1cc(C(=O)O)c2cccc(C)c2n1. The molecule has 0 spiro atoms. The molecule has 3 rings (SSSR count). The number of aromatic nitrogens is 1. The summed E-state index contributed by atoms with van der Waals surface area (Å²) in [7, 11) is 0. The highest BCUT2D eigenvalue weighted by Gasteiger charge is 2.16. The van der Waals surface area contributed by atoms with E-state index in [1.165, 1.54) is 0 Å². The monoisotopic (exact) mass is 321 g/mol. The van der Waals surface area contributed by atoms with Crippen molar-refractivity contribution in [2.75, 3.05) is 6.61 Å². The van der Waals surface area contributed by atoms with Crippen molar-refractivity contribution in [2.45, 2.75) is 20.8 Å². The Morgan fingerprint density at radius 1 is 1.17 bits per heavy atom. The van der Waals surface area contributed by atoms with Gasteiger partial charge in [0, 0.05) is 10.9 Å². The Balaban J connectivity index is 2.33. The third-order valence-electron chi connectivity index (χ3n) is 3.98. The number of nitrogens with zero attached hydrogens (tertiary/aromatic N) is 1. The molecule has 0 radical (unpaired) electrons. The average molecular weight is 321 g/mol. The van der Waals surface area contributed by atoms with Crippen molar-refractivity contribution < 1.29 is 14.6 Å². The molecule has 0 aliphatic rings. The van der Waals surface area contributed by atoms with Gasteiger partial charge in [-0.3, -0.25) is 0 Å². The van der Waals surface area contributed by atoms with E-state index in [0.29, 0.717) is 29.0 Å². The molecule has 4 nitrogen and oxygen atoms in total. The lowest BCUT2D eigenvalue weighted by atomic mass is 10.0. The molecule has 0 amide bonds. The van der Waals surface area contributed by atoms with E-state index in [2.05, 4.69) is 0 Å². The van der Waals surface area contributed by atoms with E-state index in [-0.39, 0.29) is 5.56 Å². The molecular weight excluding hydrogens is 302 g/mol. The van der Waals surface area contributed by atoms with Crippen molar-refractivity contribution in [3.63, 3.8) is 0 Å². The molecule has 0 fully saturated rings. The van der Waals surface area contributed by atoms with E-state index in [0.717, 1.165) is 16.7 Å². The van der Waals surface area contributed by atoms with Gasteiger partial charge < -0.3 is 9.84 Å². The number of ether oxygens (including phenoxy) is 1. The van der Waals surface area contributed by atoms with E-state index in [1.807, 2.05) is 51.1 Å². The van der Waals surface area contributed by atoms with Crippen molar-refractivity contribution in [3.8, 4) is 17.0 Å². The lowest BCUT2D eigenvalue weighted by Crippen LogP contribution is -2.02. The molecule has 122 valence electrons. The number of carboxylic acids is 1. The van der Waals surface area contributed by atoms with Gasteiger partial charge >= 0.3 is 5.97 Å². The van der Waals surface area contributed by atoms with Gasteiger partial charge in [0.1, 0.15) is 5.75 Å². The fourth-order valence-electron chi connectivity index (χ4n) is 2.83. The zero-order valence-corrected chi connectivity index (χ0v) is 14.0. The van der Waals surface area contributed by atoms with E-state index in [9.17, 15) is 9.90 Å². The van der Waals surface area contributed by atoms with Crippen LogP contribution in [-0.2, 0) is 0 Å². The molecule has 24 heavy (non-hydrogen) atoms. The number of aryl methyl sites for hydroxylation is 2. The number of pyridine rings is 1. The fourth-order valence-corrected chi connectivity index (χ4v) is 2.83. The minimum atomic E-state index is -0.958. The van der Waals surface area contributed by atoms with Gasteiger partial charge in [0.2, 0.25) is 0 Å². The molecular formula is C20H19NO3. The normalized spacial score (nSPS) is 10.8. The fraction of sp³-hybridized carbons (Fsp3) is 0.200. The molecule has 0 bridgehead atoms. The number of hydrogen-bond donors (Lipinski definition) is 1. The molecule has 0 atom stereocenters. The summed E-state index contributed by atoms with van der Waals surface area (Å²) in [4.78, 5) is 16.5. The first kappa shape index (κ1) is 16.0. The number of aromatic carboxylic acids is 1. The Labute approximate surface area is 140 Å². The van der Waals surface area contributed by atoms with Gasteiger partial charge in [-0.15, -0.1) is 0 Å². The summed E-state index contributed by atoms with van der Waals surface area (Å²) in [5, 5.41) is 10.3. The molecule has 0 saturated carbocycles. The van der Waals surface area contributed by atoms with E-state index >= 15 is 0 Å². The highest BCUT2D eigenvalue weighted by atomic mass is 16.5. The lowest BCUT2D eigenvalue weighted by molar-refractivity contribution is 0.0699. The van der Waals surface area contributed by atoms with E-state index in [1.54, 1.807) is 12.1 Å². The quantitative estimate of drug-likeness (QED) is 0.762. The summed E-state index contributed by atoms with van der Waals surface area (Å²) in [6.45, 7) is 6.38. The van der Waals surface area contributed by atoms with Crippen LogP contribution in [0.3, 0.4) is 0 Å². The number of hydrogen-bond acceptors (Lipinski definition) is 3. The maximum Gasteiger partial charge on any atom is 0.336 e. The van der Waals surface area contributed by atoms with Gasteiger partial charge in [0.15, 0.2) is 0 Å². The third kappa shape index (κ3) is 2.83. The predicted molar refractivity (Wildman–Crippen MR) is 94.8 cm³/mol. The molecule has 0 unspecified atom stereocenters.